The van der Waals surface area contributed by atoms with E-state index in [4.69, 9.17) is 5.11 Å². The van der Waals surface area contributed by atoms with Crippen molar-refractivity contribution in [1.29, 1.82) is 0 Å². The zero-order valence-electron chi connectivity index (χ0n) is 6.53. The summed E-state index contributed by atoms with van der Waals surface area (Å²) in [7, 11) is 0. The number of hydrogen-bond acceptors (Lipinski definition) is 4. The Hall–Kier alpha value is -1.63. The Kier molecular flexibility index (Phi) is 2.20. The zero-order chi connectivity index (χ0) is 10.1. The Morgan fingerprint density at radius 3 is 2.62 bits per heavy atom. The normalized spacial score (nSPS) is 27.8. The van der Waals surface area contributed by atoms with E-state index in [2.05, 4.69) is 0 Å². The van der Waals surface area contributed by atoms with E-state index in [0.717, 1.165) is 0 Å². The van der Waals surface area contributed by atoms with Gasteiger partial charge in [0.1, 0.15) is 0 Å². The second-order valence-electron chi connectivity index (χ2n) is 2.78. The molecule has 0 unspecified atom stereocenters. The van der Waals surface area contributed by atoms with Crippen LogP contribution >= 0.6 is 0 Å². The van der Waals surface area contributed by atoms with Gasteiger partial charge >= 0.3 is 5.97 Å². The maximum atomic E-state index is 11.0. The van der Waals surface area contributed by atoms with Crippen molar-refractivity contribution < 1.29 is 24.6 Å². The number of carbonyl (C=O) groups is 3. The number of aliphatic hydroxyl groups is 1. The highest BCUT2D eigenvalue weighted by molar-refractivity contribution is 5.97. The van der Waals surface area contributed by atoms with E-state index >= 15 is 0 Å². The highest BCUT2D eigenvalue weighted by atomic mass is 16.4. The van der Waals surface area contributed by atoms with Crippen molar-refractivity contribution in [2.24, 2.45) is 0 Å². The monoisotopic (exact) mass is 188 g/mol. The highest BCUT2D eigenvalue weighted by Crippen LogP contribution is 2.17. The molecule has 0 spiro atoms. The van der Waals surface area contributed by atoms with Crippen LogP contribution in [0.2, 0.25) is 0 Å². The molecule has 72 valence electrons. The summed E-state index contributed by atoms with van der Waals surface area (Å²) in [5, 5.41) is 17.8. The predicted octanol–water partition coefficient (Wildman–Crippen LogP) is -2.26. The van der Waals surface area contributed by atoms with Crippen molar-refractivity contribution in [2.75, 3.05) is 0 Å². The Labute approximate surface area is 72.7 Å². The van der Waals surface area contributed by atoms with Crippen LogP contribution in [-0.2, 0) is 14.4 Å². The molecule has 0 saturated carbocycles. The minimum Gasteiger partial charge on any atom is -0.481 e. The number of aliphatic carboxylic acids is 1. The van der Waals surface area contributed by atoms with Gasteiger partial charge in [-0.15, -0.1) is 0 Å². The smallest absolute Gasteiger partial charge is 0.306 e. The number of hydrogen-bond donors (Lipinski definition) is 4. The van der Waals surface area contributed by atoms with Crippen LogP contribution < -0.4 is 10.9 Å². The second-order valence-corrected chi connectivity index (χ2v) is 2.78. The first kappa shape index (κ1) is 9.46. The third kappa shape index (κ3) is 1.94. The number of hydrazine groups is 1. The van der Waals surface area contributed by atoms with E-state index in [-0.39, 0.29) is 0 Å². The average molecular weight is 188 g/mol. The molecule has 1 fully saturated rings. The Morgan fingerprint density at radius 2 is 2.08 bits per heavy atom. The number of amides is 2. The van der Waals surface area contributed by atoms with Gasteiger partial charge in [-0.1, -0.05) is 0 Å². The number of carbonyl (C=O) groups excluding carboxylic acids is 2. The van der Waals surface area contributed by atoms with E-state index in [1.54, 1.807) is 0 Å². The number of rotatable bonds is 2. The molecule has 2 amide bonds. The number of nitrogens with one attached hydrogen (secondary N) is 2. The molecule has 1 rings (SSSR count). The second kappa shape index (κ2) is 3.02. The van der Waals surface area contributed by atoms with E-state index in [9.17, 15) is 19.5 Å². The van der Waals surface area contributed by atoms with Gasteiger partial charge in [-0.3, -0.25) is 25.2 Å². The fourth-order valence-corrected chi connectivity index (χ4v) is 1.03. The summed E-state index contributed by atoms with van der Waals surface area (Å²) in [6.45, 7) is 0. The molecule has 13 heavy (non-hydrogen) atoms. The van der Waals surface area contributed by atoms with Crippen LogP contribution in [0, 0.1) is 0 Å². The number of carboxylic acid groups (broad SMARTS) is 1. The maximum Gasteiger partial charge on any atom is 0.306 e. The van der Waals surface area contributed by atoms with Crippen molar-refractivity contribution in [3.8, 4) is 0 Å². The first-order valence-electron chi connectivity index (χ1n) is 3.47. The molecule has 1 heterocycles. The van der Waals surface area contributed by atoms with E-state index in [0.29, 0.717) is 0 Å². The molecule has 7 heteroatoms. The van der Waals surface area contributed by atoms with Gasteiger partial charge in [-0.2, -0.15) is 0 Å². The predicted molar refractivity (Wildman–Crippen MR) is 38.1 cm³/mol. The lowest BCUT2D eigenvalue weighted by molar-refractivity contribution is -0.160. The highest BCUT2D eigenvalue weighted by Gasteiger charge is 2.43. The van der Waals surface area contributed by atoms with Crippen LogP contribution in [0.15, 0.2) is 0 Å². The molecule has 7 nitrogen and oxygen atoms in total. The standard InChI is InChI=1S/C6H8N2O5/c9-3-1-6(13,2-4(10)11)5(12)8-7-3/h13H,1-2H2,(H,7,9)(H,8,12)(H,10,11)/t6-/m0/s1. The van der Waals surface area contributed by atoms with E-state index < -0.39 is 36.2 Å². The van der Waals surface area contributed by atoms with Crippen LogP contribution in [0.1, 0.15) is 12.8 Å². The molecule has 0 bridgehead atoms. The minimum atomic E-state index is -2.13. The minimum absolute atomic E-state index is 0.537. The molecule has 0 aromatic rings. The van der Waals surface area contributed by atoms with Crippen molar-refractivity contribution in [1.82, 2.24) is 10.9 Å². The van der Waals surface area contributed by atoms with Crippen LogP contribution in [0.25, 0.3) is 0 Å². The maximum absolute atomic E-state index is 11.0. The Morgan fingerprint density at radius 1 is 1.46 bits per heavy atom. The van der Waals surface area contributed by atoms with Gasteiger partial charge < -0.3 is 10.2 Å². The summed E-state index contributed by atoms with van der Waals surface area (Å²) in [4.78, 5) is 31.9. The summed E-state index contributed by atoms with van der Waals surface area (Å²) in [5.41, 5.74) is 1.71. The third-order valence-electron chi connectivity index (χ3n) is 1.63. The topological polar surface area (TPSA) is 116 Å². The van der Waals surface area contributed by atoms with Gasteiger partial charge in [0.2, 0.25) is 5.91 Å². The molecular formula is C6H8N2O5. The zero-order valence-corrected chi connectivity index (χ0v) is 6.53. The lowest BCUT2D eigenvalue weighted by atomic mass is 9.93. The van der Waals surface area contributed by atoms with Gasteiger partial charge in [0.25, 0.3) is 5.91 Å². The summed E-state index contributed by atoms with van der Waals surface area (Å²) in [5.74, 6) is -2.87. The third-order valence-corrected chi connectivity index (χ3v) is 1.63. The summed E-state index contributed by atoms with van der Waals surface area (Å²) < 4.78 is 0. The molecule has 1 saturated heterocycles. The van der Waals surface area contributed by atoms with Crippen molar-refractivity contribution in [2.45, 2.75) is 18.4 Å². The Balaban J connectivity index is 2.78. The van der Waals surface area contributed by atoms with Crippen LogP contribution in [0.4, 0.5) is 0 Å². The van der Waals surface area contributed by atoms with Gasteiger partial charge in [0.15, 0.2) is 5.60 Å². The molecule has 1 aliphatic heterocycles. The first-order valence-corrected chi connectivity index (χ1v) is 3.47. The molecule has 0 radical (unpaired) electrons. The molecule has 1 atom stereocenters. The molecule has 4 N–H and O–H groups in total. The van der Waals surface area contributed by atoms with Crippen LogP contribution in [-0.4, -0.2) is 33.6 Å². The van der Waals surface area contributed by atoms with E-state index in [1.165, 1.54) is 0 Å². The lowest BCUT2D eigenvalue weighted by Gasteiger charge is -2.28. The fraction of sp³-hybridized carbons (Fsp3) is 0.500. The molecule has 0 aliphatic carbocycles. The Bertz CT molecular complexity index is 272. The van der Waals surface area contributed by atoms with Crippen molar-refractivity contribution in [3.05, 3.63) is 0 Å². The molecule has 0 aromatic heterocycles. The molecule has 1 aliphatic rings. The summed E-state index contributed by atoms with van der Waals surface area (Å²) >= 11 is 0. The van der Waals surface area contributed by atoms with Crippen LogP contribution in [0.5, 0.6) is 0 Å². The number of carboxylic acids is 1. The van der Waals surface area contributed by atoms with E-state index in [1.807, 2.05) is 10.9 Å². The van der Waals surface area contributed by atoms with Crippen molar-refractivity contribution in [3.63, 3.8) is 0 Å². The average Bonchev–Trinajstić information content (AvgIpc) is 1.95. The first-order chi connectivity index (χ1) is 5.94. The van der Waals surface area contributed by atoms with Gasteiger partial charge in [-0.25, -0.2) is 0 Å². The lowest BCUT2D eigenvalue weighted by Crippen LogP contribution is -2.61. The van der Waals surface area contributed by atoms with Crippen LogP contribution in [0.3, 0.4) is 0 Å². The van der Waals surface area contributed by atoms with Gasteiger partial charge in [-0.05, 0) is 0 Å². The molecular weight excluding hydrogens is 180 g/mol. The van der Waals surface area contributed by atoms with Gasteiger partial charge in [0, 0.05) is 0 Å². The van der Waals surface area contributed by atoms with Gasteiger partial charge in [0.05, 0.1) is 12.8 Å². The van der Waals surface area contributed by atoms with Crippen molar-refractivity contribution >= 4 is 17.8 Å². The SMILES string of the molecule is O=C(O)C[C@@]1(O)CC(=O)NNC1=O. The quantitative estimate of drug-likeness (QED) is 0.390. The summed E-state index contributed by atoms with van der Waals surface area (Å²) in [6, 6.07) is 0. The molecule has 0 aromatic carbocycles. The fourth-order valence-electron chi connectivity index (χ4n) is 1.03. The summed E-state index contributed by atoms with van der Waals surface area (Å²) in [6.07, 6.45) is -1.32. The largest absolute Gasteiger partial charge is 0.481 e.